The van der Waals surface area contributed by atoms with Crippen LogP contribution < -0.4 is 10.1 Å². The van der Waals surface area contributed by atoms with Gasteiger partial charge in [-0.05, 0) is 26.0 Å². The molecule has 4 heteroatoms. The Morgan fingerprint density at radius 2 is 2.33 bits per heavy atom. The zero-order valence-corrected chi connectivity index (χ0v) is 10.5. The van der Waals surface area contributed by atoms with Gasteiger partial charge < -0.3 is 15.2 Å². The number of aliphatic hydroxyl groups is 1. The lowest BCUT2D eigenvalue weighted by atomic mass is 10.0. The van der Waals surface area contributed by atoms with Crippen LogP contribution in [0.1, 0.15) is 24.8 Å². The molecular weight excluding hydrogens is 228 g/mol. The number of hydrogen-bond donors (Lipinski definition) is 2. The first-order valence-electron chi connectivity index (χ1n) is 6.18. The van der Waals surface area contributed by atoms with E-state index in [2.05, 4.69) is 11.4 Å². The number of ether oxygens (including phenoxy) is 1. The number of rotatable bonds is 4. The molecule has 0 bridgehead atoms. The van der Waals surface area contributed by atoms with Crippen LogP contribution in [0.5, 0.6) is 5.75 Å². The summed E-state index contributed by atoms with van der Waals surface area (Å²) in [7, 11) is 1.81. The summed E-state index contributed by atoms with van der Waals surface area (Å²) in [6.45, 7) is -0.0295. The Morgan fingerprint density at radius 3 is 2.94 bits per heavy atom. The van der Waals surface area contributed by atoms with E-state index in [1.807, 2.05) is 31.3 Å². The summed E-state index contributed by atoms with van der Waals surface area (Å²) in [4.78, 5) is 0. The number of nitrogens with zero attached hydrogens (tertiary/aromatic N) is 1. The van der Waals surface area contributed by atoms with Crippen LogP contribution >= 0.6 is 0 Å². The van der Waals surface area contributed by atoms with Crippen molar-refractivity contribution in [3.8, 4) is 11.8 Å². The molecule has 2 rings (SSSR count). The van der Waals surface area contributed by atoms with Gasteiger partial charge in [0.05, 0.1) is 12.7 Å². The minimum atomic E-state index is -0.459. The van der Waals surface area contributed by atoms with E-state index in [1.54, 1.807) is 0 Å². The maximum absolute atomic E-state index is 9.24. The number of hydrogen-bond acceptors (Lipinski definition) is 4. The molecule has 0 aromatic heterocycles. The second-order valence-corrected chi connectivity index (χ2v) is 4.69. The summed E-state index contributed by atoms with van der Waals surface area (Å²) in [5, 5.41) is 21.5. The molecule has 1 aromatic rings. The first-order valence-corrected chi connectivity index (χ1v) is 6.18. The standard InChI is InChI=1S/C14H18N2O2/c1-16-14(10-15)7-6-12(8-14)18-13-5-3-2-4-11(13)9-17/h2-5,12,16-17H,6-9H2,1H3. The van der Waals surface area contributed by atoms with Gasteiger partial charge in [0.2, 0.25) is 0 Å². The molecule has 0 radical (unpaired) electrons. The Kier molecular flexibility index (Phi) is 3.85. The number of benzene rings is 1. The van der Waals surface area contributed by atoms with E-state index in [0.29, 0.717) is 6.42 Å². The molecule has 0 amide bonds. The Labute approximate surface area is 107 Å². The topological polar surface area (TPSA) is 65.3 Å². The van der Waals surface area contributed by atoms with E-state index in [9.17, 15) is 10.4 Å². The molecule has 1 aromatic carbocycles. The van der Waals surface area contributed by atoms with Gasteiger partial charge in [0.15, 0.2) is 0 Å². The Bertz CT molecular complexity index is 455. The molecule has 2 unspecified atom stereocenters. The van der Waals surface area contributed by atoms with Crippen molar-refractivity contribution in [2.45, 2.75) is 37.5 Å². The van der Waals surface area contributed by atoms with Crippen molar-refractivity contribution in [3.05, 3.63) is 29.8 Å². The van der Waals surface area contributed by atoms with E-state index in [-0.39, 0.29) is 12.7 Å². The van der Waals surface area contributed by atoms with Crippen LogP contribution in [-0.2, 0) is 6.61 Å². The third kappa shape index (κ3) is 2.47. The number of nitrogens with one attached hydrogen (secondary N) is 1. The monoisotopic (exact) mass is 246 g/mol. The van der Waals surface area contributed by atoms with Gasteiger partial charge in [-0.3, -0.25) is 0 Å². The largest absolute Gasteiger partial charge is 0.490 e. The van der Waals surface area contributed by atoms with Crippen molar-refractivity contribution < 1.29 is 9.84 Å². The molecule has 1 aliphatic rings. The average Bonchev–Trinajstić information content (AvgIpc) is 2.83. The Hall–Kier alpha value is -1.57. The molecular formula is C14H18N2O2. The second-order valence-electron chi connectivity index (χ2n) is 4.69. The average molecular weight is 246 g/mol. The van der Waals surface area contributed by atoms with Gasteiger partial charge in [-0.1, -0.05) is 18.2 Å². The smallest absolute Gasteiger partial charge is 0.125 e. The van der Waals surface area contributed by atoms with E-state index >= 15 is 0 Å². The minimum absolute atomic E-state index is 0.0295. The van der Waals surface area contributed by atoms with Crippen LogP contribution in [-0.4, -0.2) is 23.8 Å². The van der Waals surface area contributed by atoms with Crippen molar-refractivity contribution in [2.24, 2.45) is 0 Å². The highest BCUT2D eigenvalue weighted by atomic mass is 16.5. The molecule has 0 heterocycles. The fraction of sp³-hybridized carbons (Fsp3) is 0.500. The first kappa shape index (κ1) is 12.9. The van der Waals surface area contributed by atoms with Gasteiger partial charge >= 0.3 is 0 Å². The van der Waals surface area contributed by atoms with Gasteiger partial charge in [-0.25, -0.2) is 0 Å². The summed E-state index contributed by atoms with van der Waals surface area (Å²) >= 11 is 0. The molecule has 2 N–H and O–H groups in total. The van der Waals surface area contributed by atoms with Crippen LogP contribution in [0.25, 0.3) is 0 Å². The summed E-state index contributed by atoms with van der Waals surface area (Å²) < 4.78 is 5.91. The first-order chi connectivity index (χ1) is 8.73. The van der Waals surface area contributed by atoms with Gasteiger partial charge in [0, 0.05) is 12.0 Å². The molecule has 18 heavy (non-hydrogen) atoms. The summed E-state index contributed by atoms with van der Waals surface area (Å²) in [5.41, 5.74) is 0.329. The van der Waals surface area contributed by atoms with Crippen molar-refractivity contribution in [2.75, 3.05) is 7.05 Å². The van der Waals surface area contributed by atoms with Gasteiger partial charge in [0.1, 0.15) is 17.4 Å². The van der Waals surface area contributed by atoms with Crippen molar-refractivity contribution in [1.82, 2.24) is 5.32 Å². The van der Waals surface area contributed by atoms with E-state index < -0.39 is 5.54 Å². The van der Waals surface area contributed by atoms with Crippen LogP contribution in [0.3, 0.4) is 0 Å². The van der Waals surface area contributed by atoms with E-state index in [0.717, 1.165) is 24.2 Å². The lowest BCUT2D eigenvalue weighted by molar-refractivity contribution is 0.193. The molecule has 0 aliphatic heterocycles. The number of para-hydroxylation sites is 1. The molecule has 4 nitrogen and oxygen atoms in total. The zero-order valence-electron chi connectivity index (χ0n) is 10.5. The van der Waals surface area contributed by atoms with Crippen LogP contribution in [0.2, 0.25) is 0 Å². The Morgan fingerprint density at radius 1 is 1.56 bits per heavy atom. The van der Waals surface area contributed by atoms with E-state index in [1.165, 1.54) is 0 Å². The summed E-state index contributed by atoms with van der Waals surface area (Å²) in [6, 6.07) is 9.80. The van der Waals surface area contributed by atoms with Crippen molar-refractivity contribution in [1.29, 1.82) is 5.26 Å². The number of nitriles is 1. The quantitative estimate of drug-likeness (QED) is 0.846. The molecule has 2 atom stereocenters. The third-order valence-corrected chi connectivity index (χ3v) is 3.60. The van der Waals surface area contributed by atoms with Crippen molar-refractivity contribution >= 4 is 0 Å². The normalized spacial score (nSPS) is 26.8. The second kappa shape index (κ2) is 5.38. The van der Waals surface area contributed by atoms with Crippen LogP contribution in [0.4, 0.5) is 0 Å². The van der Waals surface area contributed by atoms with E-state index in [4.69, 9.17) is 4.74 Å². The lowest BCUT2D eigenvalue weighted by Crippen LogP contribution is -2.39. The van der Waals surface area contributed by atoms with Crippen LogP contribution in [0, 0.1) is 11.3 Å². The minimum Gasteiger partial charge on any atom is -0.490 e. The SMILES string of the molecule is CNC1(C#N)CCC(Oc2ccccc2CO)C1. The molecule has 0 saturated heterocycles. The van der Waals surface area contributed by atoms with Gasteiger partial charge in [0.25, 0.3) is 0 Å². The molecule has 1 saturated carbocycles. The fourth-order valence-corrected chi connectivity index (χ4v) is 2.41. The molecule has 96 valence electrons. The number of aliphatic hydroxyl groups excluding tert-OH is 1. The third-order valence-electron chi connectivity index (χ3n) is 3.60. The lowest BCUT2D eigenvalue weighted by Gasteiger charge is -2.20. The maximum Gasteiger partial charge on any atom is 0.125 e. The van der Waals surface area contributed by atoms with Gasteiger partial charge in [-0.2, -0.15) is 5.26 Å². The highest BCUT2D eigenvalue weighted by Crippen LogP contribution is 2.33. The maximum atomic E-state index is 9.24. The highest BCUT2D eigenvalue weighted by Gasteiger charge is 2.39. The highest BCUT2D eigenvalue weighted by molar-refractivity contribution is 5.33. The van der Waals surface area contributed by atoms with Gasteiger partial charge in [-0.15, -0.1) is 0 Å². The molecule has 0 spiro atoms. The van der Waals surface area contributed by atoms with Crippen LogP contribution in [0.15, 0.2) is 24.3 Å². The summed E-state index contributed by atoms with van der Waals surface area (Å²) in [6.07, 6.45) is 2.37. The zero-order chi connectivity index (χ0) is 13.0. The Balaban J connectivity index is 2.06. The predicted octanol–water partition coefficient (Wildman–Crippen LogP) is 1.59. The molecule has 1 fully saturated rings. The predicted molar refractivity (Wildman–Crippen MR) is 68.0 cm³/mol. The fourth-order valence-electron chi connectivity index (χ4n) is 2.41. The molecule has 1 aliphatic carbocycles. The summed E-state index contributed by atoms with van der Waals surface area (Å²) in [5.74, 6) is 0.717. The van der Waals surface area contributed by atoms with Crippen molar-refractivity contribution in [3.63, 3.8) is 0 Å².